The van der Waals surface area contributed by atoms with Crippen LogP contribution < -0.4 is 56.5 Å². The first-order valence-electron chi connectivity index (χ1n) is 6.36. The van der Waals surface area contributed by atoms with Crippen molar-refractivity contribution in [2.75, 3.05) is 0 Å². The summed E-state index contributed by atoms with van der Waals surface area (Å²) in [5, 5.41) is 10.2. The van der Waals surface area contributed by atoms with E-state index in [1.165, 1.54) is 44.9 Å². The number of carboxylic acids is 1. The molecule has 0 rings (SSSR count). The number of carboxylic acid groups (broad SMARTS) is 1. The predicted molar refractivity (Wildman–Crippen MR) is 61.4 cm³/mol. The Bertz CT molecular complexity index is 160. The van der Waals surface area contributed by atoms with Crippen molar-refractivity contribution in [2.24, 2.45) is 5.92 Å². The molecule has 0 aromatic rings. The predicted octanol–water partition coefficient (Wildman–Crippen LogP) is -0.0928. The molecule has 0 fully saturated rings. The van der Waals surface area contributed by atoms with Crippen LogP contribution >= 0.6 is 0 Å². The maximum absolute atomic E-state index is 10.2. The van der Waals surface area contributed by atoms with Crippen molar-refractivity contribution < 1.29 is 61.3 Å². The summed E-state index contributed by atoms with van der Waals surface area (Å²) in [6.45, 7) is 4.36. The van der Waals surface area contributed by atoms with Crippen molar-refractivity contribution in [1.29, 1.82) is 0 Å². The van der Waals surface area contributed by atoms with E-state index in [4.69, 9.17) is 0 Å². The Balaban J connectivity index is 0. The number of carbonyl (C=O) groups excluding carboxylic acids is 1. The van der Waals surface area contributed by atoms with Gasteiger partial charge in [0.1, 0.15) is 0 Å². The first-order chi connectivity index (χ1) is 7.16. The average molecular weight is 252 g/mol. The van der Waals surface area contributed by atoms with Gasteiger partial charge in [-0.1, -0.05) is 58.8 Å². The zero-order chi connectivity index (χ0) is 11.5. The Morgan fingerprint density at radius 2 is 1.62 bits per heavy atom. The molecule has 0 unspecified atom stereocenters. The molecule has 0 aliphatic carbocycles. The van der Waals surface area contributed by atoms with E-state index < -0.39 is 5.97 Å². The molecule has 0 amide bonds. The molecule has 0 aromatic heterocycles. The molecule has 1 atom stereocenters. The van der Waals surface area contributed by atoms with Gasteiger partial charge in [0.25, 0.3) is 0 Å². The van der Waals surface area contributed by atoms with Crippen LogP contribution in [0.2, 0.25) is 0 Å². The first-order valence-corrected chi connectivity index (χ1v) is 6.36. The summed E-state index contributed by atoms with van der Waals surface area (Å²) in [5.41, 5.74) is 0. The van der Waals surface area contributed by atoms with Crippen LogP contribution in [0.25, 0.3) is 0 Å². The van der Waals surface area contributed by atoms with Crippen LogP contribution in [0, 0.1) is 5.92 Å². The molecule has 0 aliphatic rings. The number of hydrogen-bond donors (Lipinski definition) is 0. The monoisotopic (exact) mass is 252 g/mol. The van der Waals surface area contributed by atoms with E-state index in [2.05, 4.69) is 13.8 Å². The summed E-state index contributed by atoms with van der Waals surface area (Å²) < 4.78 is 0. The van der Waals surface area contributed by atoms with E-state index in [1.807, 2.05) is 0 Å². The Kier molecular flexibility index (Phi) is 17.2. The van der Waals surface area contributed by atoms with Crippen LogP contribution in [0.3, 0.4) is 0 Å². The second kappa shape index (κ2) is 14.2. The number of aliphatic carboxylic acids is 1. The molecule has 2 nitrogen and oxygen atoms in total. The van der Waals surface area contributed by atoms with E-state index >= 15 is 0 Å². The van der Waals surface area contributed by atoms with Crippen LogP contribution in [0.4, 0.5) is 0 Å². The molecule has 0 saturated carbocycles. The summed E-state index contributed by atoms with van der Waals surface area (Å²) in [6.07, 6.45) is 10.0. The number of rotatable bonds is 10. The van der Waals surface area contributed by atoms with Crippen molar-refractivity contribution in [3.8, 4) is 0 Å². The van der Waals surface area contributed by atoms with E-state index in [0.29, 0.717) is 5.92 Å². The Labute approximate surface area is 143 Å². The summed E-state index contributed by atoms with van der Waals surface area (Å²) >= 11 is 0. The standard InChI is InChI=1S/C13H26O2.K/c1-3-4-5-6-7-8-9-12(2)10-11-13(14)15;/h12H,3-11H2,1-2H3,(H,14,15);/q;+1/p-1/t12-;/m0./s1. The molecule has 0 N–H and O–H groups in total. The Hall–Kier alpha value is 1.11. The van der Waals surface area contributed by atoms with Crippen LogP contribution in [-0.4, -0.2) is 5.97 Å². The SMILES string of the molecule is CCCCCCCC[C@H](C)CCC(=O)[O-].[K+]. The fourth-order valence-corrected chi connectivity index (χ4v) is 1.78. The fraction of sp³-hybridized carbons (Fsp3) is 0.923. The minimum atomic E-state index is -0.912. The maximum atomic E-state index is 10.2. The van der Waals surface area contributed by atoms with Crippen molar-refractivity contribution in [3.05, 3.63) is 0 Å². The van der Waals surface area contributed by atoms with Crippen LogP contribution in [0.15, 0.2) is 0 Å². The Morgan fingerprint density at radius 3 is 2.19 bits per heavy atom. The topological polar surface area (TPSA) is 40.1 Å². The molecular formula is C13H25KO2. The van der Waals surface area contributed by atoms with Gasteiger partial charge in [-0.15, -0.1) is 0 Å². The zero-order valence-corrected chi connectivity index (χ0v) is 14.4. The van der Waals surface area contributed by atoms with Gasteiger partial charge in [0.2, 0.25) is 0 Å². The van der Waals surface area contributed by atoms with Gasteiger partial charge in [0.05, 0.1) is 0 Å². The van der Waals surface area contributed by atoms with Crippen LogP contribution in [0.5, 0.6) is 0 Å². The number of hydrogen-bond acceptors (Lipinski definition) is 2. The van der Waals surface area contributed by atoms with Gasteiger partial charge in [-0.2, -0.15) is 0 Å². The molecular weight excluding hydrogens is 227 g/mol. The maximum Gasteiger partial charge on any atom is 1.00 e. The molecule has 0 spiro atoms. The molecule has 0 saturated heterocycles. The third-order valence-electron chi connectivity index (χ3n) is 2.89. The minimum absolute atomic E-state index is 0. The quantitative estimate of drug-likeness (QED) is 0.403. The fourth-order valence-electron chi connectivity index (χ4n) is 1.78. The molecule has 3 heteroatoms. The second-order valence-electron chi connectivity index (χ2n) is 4.57. The second-order valence-corrected chi connectivity index (χ2v) is 4.57. The van der Waals surface area contributed by atoms with Gasteiger partial charge in [0.15, 0.2) is 0 Å². The zero-order valence-electron chi connectivity index (χ0n) is 11.3. The van der Waals surface area contributed by atoms with Crippen molar-refractivity contribution in [1.82, 2.24) is 0 Å². The van der Waals surface area contributed by atoms with Gasteiger partial charge in [-0.25, -0.2) is 0 Å². The van der Waals surface area contributed by atoms with Gasteiger partial charge >= 0.3 is 51.4 Å². The van der Waals surface area contributed by atoms with Crippen LogP contribution in [-0.2, 0) is 4.79 Å². The van der Waals surface area contributed by atoms with E-state index in [9.17, 15) is 9.90 Å². The number of unbranched alkanes of at least 4 members (excludes halogenated alkanes) is 5. The van der Waals surface area contributed by atoms with Gasteiger partial charge < -0.3 is 9.90 Å². The molecule has 0 bridgehead atoms. The minimum Gasteiger partial charge on any atom is -0.550 e. The summed E-state index contributed by atoms with van der Waals surface area (Å²) in [5.74, 6) is -0.376. The third-order valence-corrected chi connectivity index (χ3v) is 2.89. The van der Waals surface area contributed by atoms with Crippen molar-refractivity contribution in [3.63, 3.8) is 0 Å². The number of carbonyl (C=O) groups is 1. The van der Waals surface area contributed by atoms with E-state index in [0.717, 1.165) is 6.42 Å². The first kappa shape index (κ1) is 19.4. The largest absolute Gasteiger partial charge is 1.00 e. The van der Waals surface area contributed by atoms with Gasteiger partial charge in [-0.3, -0.25) is 0 Å². The average Bonchev–Trinajstić information content (AvgIpc) is 2.20. The van der Waals surface area contributed by atoms with E-state index in [1.54, 1.807) is 0 Å². The Morgan fingerprint density at radius 1 is 1.06 bits per heavy atom. The van der Waals surface area contributed by atoms with Crippen molar-refractivity contribution in [2.45, 2.75) is 71.6 Å². The van der Waals surface area contributed by atoms with Gasteiger partial charge in [0, 0.05) is 5.97 Å². The molecule has 0 aromatic carbocycles. The third kappa shape index (κ3) is 15.1. The summed E-state index contributed by atoms with van der Waals surface area (Å²) in [6, 6.07) is 0. The van der Waals surface area contributed by atoms with Crippen molar-refractivity contribution >= 4 is 5.97 Å². The molecule has 0 radical (unpaired) electrons. The molecule has 0 heterocycles. The molecule has 0 aliphatic heterocycles. The smallest absolute Gasteiger partial charge is 0.550 e. The van der Waals surface area contributed by atoms with E-state index in [-0.39, 0.29) is 57.8 Å². The molecule has 90 valence electrons. The summed E-state index contributed by atoms with van der Waals surface area (Å²) in [7, 11) is 0. The summed E-state index contributed by atoms with van der Waals surface area (Å²) in [4.78, 5) is 10.2. The van der Waals surface area contributed by atoms with Gasteiger partial charge in [-0.05, 0) is 18.8 Å². The van der Waals surface area contributed by atoms with Crippen LogP contribution in [0.1, 0.15) is 71.6 Å². The normalized spacial score (nSPS) is 11.9. The molecule has 16 heavy (non-hydrogen) atoms.